The van der Waals surface area contributed by atoms with Gasteiger partial charge >= 0.3 is 0 Å². The fourth-order valence-corrected chi connectivity index (χ4v) is 1.41. The van der Waals surface area contributed by atoms with E-state index in [9.17, 15) is 0 Å². The number of hydrogen-bond donors (Lipinski definition) is 0. The number of pyridine rings is 1. The van der Waals surface area contributed by atoms with Crippen molar-refractivity contribution < 1.29 is 19.0 Å². The first-order valence-corrected chi connectivity index (χ1v) is 5.19. The molecule has 0 aliphatic carbocycles. The average Bonchev–Trinajstić information content (AvgIpc) is 2.39. The van der Waals surface area contributed by atoms with Crippen molar-refractivity contribution in [3.8, 4) is 17.2 Å². The van der Waals surface area contributed by atoms with E-state index in [2.05, 4.69) is 0 Å². The number of benzene rings is 1. The van der Waals surface area contributed by atoms with Gasteiger partial charge in [0.2, 0.25) is 6.20 Å². The molecule has 17 heavy (non-hydrogen) atoms. The minimum atomic E-state index is 0.697. The highest BCUT2D eigenvalue weighted by molar-refractivity contribution is 5.35. The van der Waals surface area contributed by atoms with Crippen LogP contribution in [0.1, 0.15) is 0 Å². The van der Waals surface area contributed by atoms with E-state index < -0.39 is 0 Å². The number of methoxy groups -OCH3 is 1. The number of nitrogens with zero attached hydrogens (tertiary/aromatic N) is 1. The van der Waals surface area contributed by atoms with Crippen LogP contribution in [0.5, 0.6) is 17.2 Å². The molecule has 0 radical (unpaired) electrons. The van der Waals surface area contributed by atoms with Gasteiger partial charge < -0.3 is 9.47 Å². The third-order valence-electron chi connectivity index (χ3n) is 2.24. The second-order valence-electron chi connectivity index (χ2n) is 3.36. The van der Waals surface area contributed by atoms with Gasteiger partial charge in [-0.15, -0.1) is 0 Å². The van der Waals surface area contributed by atoms with Crippen LogP contribution in [0.2, 0.25) is 0 Å². The molecule has 1 aromatic carbocycles. The molecule has 2 rings (SSSR count). The minimum Gasteiger partial charge on any atom is -0.497 e. The molecular formula is C13H14NO3+. The Balaban J connectivity index is 2.18. The Labute approximate surface area is 99.9 Å². The van der Waals surface area contributed by atoms with Gasteiger partial charge in [0, 0.05) is 16.9 Å². The van der Waals surface area contributed by atoms with Crippen molar-refractivity contribution in [3.05, 3.63) is 48.8 Å². The maximum Gasteiger partial charge on any atom is 0.264 e. The minimum absolute atomic E-state index is 0.697. The molecule has 0 saturated carbocycles. The fraction of sp³-hybridized carbons (Fsp3) is 0.154. The molecule has 0 bridgehead atoms. The zero-order valence-corrected chi connectivity index (χ0v) is 9.79. The summed E-state index contributed by atoms with van der Waals surface area (Å²) in [7, 11) is 3.22. The van der Waals surface area contributed by atoms with E-state index in [-0.39, 0.29) is 0 Å². The Morgan fingerprint density at radius 2 is 1.71 bits per heavy atom. The Bertz CT molecular complexity index is 454. The molecule has 4 heteroatoms. The second-order valence-corrected chi connectivity index (χ2v) is 3.36. The molecule has 0 saturated heterocycles. The summed E-state index contributed by atoms with van der Waals surface area (Å²) >= 11 is 0. The molecule has 0 fully saturated rings. The quantitative estimate of drug-likeness (QED) is 0.754. The molecule has 0 aliphatic rings. The Morgan fingerprint density at radius 1 is 0.941 bits per heavy atom. The van der Waals surface area contributed by atoms with Crippen molar-refractivity contribution in [3.63, 3.8) is 0 Å². The van der Waals surface area contributed by atoms with Gasteiger partial charge in [0.1, 0.15) is 18.6 Å². The first-order chi connectivity index (χ1) is 8.31. The van der Waals surface area contributed by atoms with Gasteiger partial charge in [-0.2, -0.15) is 0 Å². The summed E-state index contributed by atoms with van der Waals surface area (Å²) in [5.41, 5.74) is 0. The van der Waals surface area contributed by atoms with Crippen LogP contribution in [-0.2, 0) is 0 Å². The van der Waals surface area contributed by atoms with Crippen LogP contribution in [0, 0.1) is 0 Å². The smallest absolute Gasteiger partial charge is 0.264 e. The highest BCUT2D eigenvalue weighted by atomic mass is 16.6. The lowest BCUT2D eigenvalue weighted by Gasteiger charge is -2.05. The van der Waals surface area contributed by atoms with Gasteiger partial charge in [0.05, 0.1) is 7.11 Å². The highest BCUT2D eigenvalue weighted by Crippen LogP contribution is 2.23. The van der Waals surface area contributed by atoms with Crippen LogP contribution < -0.4 is 19.0 Å². The van der Waals surface area contributed by atoms with Gasteiger partial charge in [-0.25, -0.2) is 0 Å². The molecule has 1 aromatic heterocycles. The SMILES string of the molecule is COc1cccc(Oc2ccc[n+](OC)c2)c1. The monoisotopic (exact) mass is 232 g/mol. The summed E-state index contributed by atoms with van der Waals surface area (Å²) in [6, 6.07) is 11.1. The van der Waals surface area contributed by atoms with Crippen LogP contribution in [0.3, 0.4) is 0 Å². The maximum absolute atomic E-state index is 5.68. The number of rotatable bonds is 4. The predicted octanol–water partition coefficient (Wildman–Crippen LogP) is 1.83. The molecular weight excluding hydrogens is 218 g/mol. The molecule has 0 atom stereocenters. The summed E-state index contributed by atoms with van der Waals surface area (Å²) in [6.45, 7) is 0. The molecule has 0 amide bonds. The standard InChI is InChI=1S/C13H14NO3/c1-15-11-5-3-6-12(9-11)17-13-7-4-8-14(10-13)16-2/h3-10H,1-2H3/q+1. The summed E-state index contributed by atoms with van der Waals surface area (Å²) in [6.07, 6.45) is 3.54. The summed E-state index contributed by atoms with van der Waals surface area (Å²) in [5.74, 6) is 2.18. The molecule has 0 N–H and O–H groups in total. The van der Waals surface area contributed by atoms with Crippen molar-refractivity contribution in [2.24, 2.45) is 0 Å². The van der Waals surface area contributed by atoms with Crippen LogP contribution in [0.25, 0.3) is 0 Å². The van der Waals surface area contributed by atoms with Crippen LogP contribution >= 0.6 is 0 Å². The van der Waals surface area contributed by atoms with E-state index in [0.717, 1.165) is 11.5 Å². The largest absolute Gasteiger partial charge is 0.497 e. The van der Waals surface area contributed by atoms with E-state index in [1.807, 2.05) is 36.4 Å². The van der Waals surface area contributed by atoms with Crippen LogP contribution in [0.15, 0.2) is 48.8 Å². The van der Waals surface area contributed by atoms with Crippen molar-refractivity contribution in [2.75, 3.05) is 14.2 Å². The van der Waals surface area contributed by atoms with E-state index >= 15 is 0 Å². The Morgan fingerprint density at radius 3 is 2.47 bits per heavy atom. The third kappa shape index (κ3) is 2.87. The lowest BCUT2D eigenvalue weighted by molar-refractivity contribution is -0.885. The number of hydrogen-bond acceptors (Lipinski definition) is 3. The van der Waals surface area contributed by atoms with Crippen LogP contribution in [0.4, 0.5) is 0 Å². The first kappa shape index (κ1) is 11.3. The van der Waals surface area contributed by atoms with Crippen LogP contribution in [-0.4, -0.2) is 14.2 Å². The lowest BCUT2D eigenvalue weighted by atomic mass is 10.3. The second kappa shape index (κ2) is 5.21. The molecule has 88 valence electrons. The van der Waals surface area contributed by atoms with Gasteiger partial charge in [-0.1, -0.05) is 6.07 Å². The van der Waals surface area contributed by atoms with E-state index in [1.165, 1.54) is 0 Å². The van der Waals surface area contributed by atoms with Crippen molar-refractivity contribution in [1.29, 1.82) is 0 Å². The zero-order valence-electron chi connectivity index (χ0n) is 9.79. The predicted molar refractivity (Wildman–Crippen MR) is 62.2 cm³/mol. The third-order valence-corrected chi connectivity index (χ3v) is 2.24. The molecule has 0 unspecified atom stereocenters. The molecule has 0 aliphatic heterocycles. The van der Waals surface area contributed by atoms with Gasteiger partial charge in [0.15, 0.2) is 5.75 Å². The average molecular weight is 232 g/mol. The normalized spacial score (nSPS) is 9.76. The van der Waals surface area contributed by atoms with E-state index in [1.54, 1.807) is 31.3 Å². The fourth-order valence-electron chi connectivity index (χ4n) is 1.41. The topological polar surface area (TPSA) is 31.6 Å². The highest BCUT2D eigenvalue weighted by Gasteiger charge is 2.05. The van der Waals surface area contributed by atoms with Gasteiger partial charge in [0.25, 0.3) is 6.20 Å². The molecule has 0 spiro atoms. The van der Waals surface area contributed by atoms with Gasteiger partial charge in [-0.3, -0.25) is 4.84 Å². The first-order valence-electron chi connectivity index (χ1n) is 5.19. The Hall–Kier alpha value is -2.23. The Kier molecular flexibility index (Phi) is 3.45. The van der Waals surface area contributed by atoms with Gasteiger partial charge in [-0.05, 0) is 18.2 Å². The van der Waals surface area contributed by atoms with Crippen molar-refractivity contribution >= 4 is 0 Å². The zero-order chi connectivity index (χ0) is 12.1. The summed E-state index contributed by atoms with van der Waals surface area (Å²) in [5, 5.41) is 0. The summed E-state index contributed by atoms with van der Waals surface area (Å²) < 4.78 is 12.4. The molecule has 1 heterocycles. The van der Waals surface area contributed by atoms with Crippen molar-refractivity contribution in [2.45, 2.75) is 0 Å². The van der Waals surface area contributed by atoms with Crippen molar-refractivity contribution in [1.82, 2.24) is 0 Å². The lowest BCUT2D eigenvalue weighted by Crippen LogP contribution is -2.39. The number of ether oxygens (including phenoxy) is 2. The maximum atomic E-state index is 5.68. The summed E-state index contributed by atoms with van der Waals surface area (Å²) in [4.78, 5) is 5.05. The molecule has 4 nitrogen and oxygen atoms in total. The number of aromatic nitrogens is 1. The molecule has 2 aromatic rings. The van der Waals surface area contributed by atoms with E-state index in [0.29, 0.717) is 5.75 Å². The van der Waals surface area contributed by atoms with E-state index in [4.69, 9.17) is 14.3 Å².